The summed E-state index contributed by atoms with van der Waals surface area (Å²) in [7, 11) is 0. The van der Waals surface area contributed by atoms with Crippen LogP contribution in [0.15, 0.2) is 11.6 Å². The van der Waals surface area contributed by atoms with E-state index < -0.39 is 227 Å². The maximum atomic E-state index is 12.9. The van der Waals surface area contributed by atoms with Crippen LogP contribution >= 0.6 is 0 Å². The van der Waals surface area contributed by atoms with Gasteiger partial charge in [0.05, 0.1) is 56.9 Å². The second-order valence-corrected chi connectivity index (χ2v) is 28.7. The summed E-state index contributed by atoms with van der Waals surface area (Å²) in [6.45, 7) is 12.3. The summed E-state index contributed by atoms with van der Waals surface area (Å²) in [6.07, 6.45) is -37.9. The van der Waals surface area contributed by atoms with Crippen molar-refractivity contribution in [1.82, 2.24) is 0 Å². The van der Waals surface area contributed by atoms with Crippen LogP contribution in [0.1, 0.15) is 107 Å². The SMILES string of the molecule is C[C@H](CC[C@@H](O[C@@H]1O[C@H](CO[C@@H]2O[C@H](CO)[C@@H](O)[C@H](O)[C@H]2O)[C@@H](O)[C@H](O)[C@H]1O[C@@H]1O[C@H](CO)[C@@H](O)[C@H](O)[C@H]1O)C(C)(C)O)C1CC[C@@]2(C)C3CC=C4C(CC[C@H](O[C@@H]5O[C@H](CO)[C@@H](O)[C@H](O[C@@H]6O[C@H](CO)[C@@H](O)[C@H](O)[C@H]6O)[C@H]5O)C4(C)C)[C@]3(C)[C@H](O)C[C@]12C. The molecule has 5 saturated heterocycles. The van der Waals surface area contributed by atoms with E-state index in [0.717, 1.165) is 18.4 Å². The Kier molecular flexibility index (Phi) is 22.3. The van der Waals surface area contributed by atoms with Crippen LogP contribution in [0.25, 0.3) is 0 Å². The summed E-state index contributed by atoms with van der Waals surface area (Å²) in [5.41, 5.74) is -2.54. The molecule has 5 heterocycles. The summed E-state index contributed by atoms with van der Waals surface area (Å²) in [6, 6.07) is 0. The van der Waals surface area contributed by atoms with Gasteiger partial charge >= 0.3 is 0 Å². The van der Waals surface area contributed by atoms with E-state index in [9.17, 15) is 97.0 Å². The van der Waals surface area contributed by atoms with Crippen LogP contribution in [-0.2, 0) is 47.4 Å². The highest BCUT2D eigenvalue weighted by Crippen LogP contribution is 2.75. The topological polar surface area (TPSA) is 477 Å². The van der Waals surface area contributed by atoms with Gasteiger partial charge in [-0.25, -0.2) is 0 Å². The number of aliphatic hydroxyl groups is 19. The number of rotatable bonds is 20. The molecule has 3 unspecified atom stereocenters. The van der Waals surface area contributed by atoms with E-state index in [1.807, 2.05) is 13.8 Å². The van der Waals surface area contributed by atoms with Crippen LogP contribution in [0, 0.1) is 45.3 Å². The molecule has 35 atom stereocenters. The number of hydrogen-bond acceptors (Lipinski definition) is 29. The highest BCUT2D eigenvalue weighted by atomic mass is 16.8. The van der Waals surface area contributed by atoms with E-state index in [4.69, 9.17) is 47.4 Å². The van der Waals surface area contributed by atoms with Crippen LogP contribution in [-0.4, -0.2) is 308 Å². The Balaban J connectivity index is 0.896. The molecule has 89 heavy (non-hydrogen) atoms. The molecule has 0 amide bonds. The maximum Gasteiger partial charge on any atom is 0.187 e. The number of aliphatic hydroxyl groups excluding tert-OH is 18. The van der Waals surface area contributed by atoms with Gasteiger partial charge in [0.25, 0.3) is 0 Å². The normalized spacial score (nSPS) is 51.8. The van der Waals surface area contributed by atoms with Crippen LogP contribution in [0.2, 0.25) is 0 Å². The van der Waals surface area contributed by atoms with Crippen molar-refractivity contribution in [3.05, 3.63) is 11.6 Å². The minimum Gasteiger partial charge on any atom is -0.394 e. The van der Waals surface area contributed by atoms with Crippen molar-refractivity contribution in [3.63, 3.8) is 0 Å². The van der Waals surface area contributed by atoms with E-state index in [2.05, 4.69) is 33.8 Å². The highest BCUT2D eigenvalue weighted by Gasteiger charge is 2.71. The molecule has 0 aromatic carbocycles. The van der Waals surface area contributed by atoms with Crippen LogP contribution in [0.3, 0.4) is 0 Å². The third kappa shape index (κ3) is 13.0. The van der Waals surface area contributed by atoms with Gasteiger partial charge in [0, 0.05) is 10.8 Å². The number of hydrogen-bond donors (Lipinski definition) is 19. The number of allylic oxidation sites excluding steroid dienone is 1. The lowest BCUT2D eigenvalue weighted by molar-refractivity contribution is -0.380. The Morgan fingerprint density at radius 3 is 1.52 bits per heavy atom. The first-order chi connectivity index (χ1) is 41.7. The summed E-state index contributed by atoms with van der Waals surface area (Å²) in [5, 5.41) is 206. The molecule has 29 nitrogen and oxygen atoms in total. The average Bonchev–Trinajstić information content (AvgIpc) is 1.66. The molecular weight excluding hydrogens is 1180 g/mol. The summed E-state index contributed by atoms with van der Waals surface area (Å²) < 4.78 is 59.6. The Hall–Kier alpha value is -1.42. The van der Waals surface area contributed by atoms with Gasteiger partial charge in [0.15, 0.2) is 31.5 Å². The van der Waals surface area contributed by atoms with Crippen LogP contribution in [0.5, 0.6) is 0 Å². The van der Waals surface area contributed by atoms with Crippen molar-refractivity contribution in [3.8, 4) is 0 Å². The summed E-state index contributed by atoms with van der Waals surface area (Å²) in [4.78, 5) is 0. The minimum atomic E-state index is -1.96. The third-order valence-electron chi connectivity index (χ3n) is 22.9. The second kappa shape index (κ2) is 27.6. The third-order valence-corrected chi connectivity index (χ3v) is 22.9. The first-order valence-electron chi connectivity index (χ1n) is 31.6. The average molecular weight is 1290 g/mol. The van der Waals surface area contributed by atoms with Gasteiger partial charge in [-0.1, -0.05) is 53.2 Å². The predicted molar refractivity (Wildman–Crippen MR) is 300 cm³/mol. The molecule has 9 rings (SSSR count). The zero-order chi connectivity index (χ0) is 65.5. The molecule has 8 fully saturated rings. The lowest BCUT2D eigenvalue weighted by Crippen LogP contribution is -2.66. The summed E-state index contributed by atoms with van der Waals surface area (Å²) in [5.74, 6) is -0.0469. The van der Waals surface area contributed by atoms with Crippen molar-refractivity contribution in [1.29, 1.82) is 0 Å². The van der Waals surface area contributed by atoms with Gasteiger partial charge in [-0.3, -0.25) is 0 Å². The molecular formula is C60H102O29. The van der Waals surface area contributed by atoms with E-state index >= 15 is 0 Å². The van der Waals surface area contributed by atoms with Gasteiger partial charge in [-0.05, 0) is 99.7 Å². The molecule has 29 heteroatoms. The van der Waals surface area contributed by atoms with E-state index in [0.29, 0.717) is 32.1 Å². The molecule has 9 aliphatic rings. The second-order valence-electron chi connectivity index (χ2n) is 28.7. The van der Waals surface area contributed by atoms with Crippen LogP contribution < -0.4 is 0 Å². The predicted octanol–water partition coefficient (Wildman–Crippen LogP) is -5.41. The molecule has 19 N–H and O–H groups in total. The molecule has 0 radical (unpaired) electrons. The first kappa shape index (κ1) is 71.9. The zero-order valence-electron chi connectivity index (χ0n) is 51.8. The maximum absolute atomic E-state index is 12.9. The van der Waals surface area contributed by atoms with Crippen molar-refractivity contribution >= 4 is 0 Å². The zero-order valence-corrected chi connectivity index (χ0v) is 51.8. The minimum absolute atomic E-state index is 0.0227. The monoisotopic (exact) mass is 1290 g/mol. The lowest BCUT2D eigenvalue weighted by Gasteiger charge is -2.67. The fourth-order valence-corrected chi connectivity index (χ4v) is 17.1. The first-order valence-corrected chi connectivity index (χ1v) is 31.6. The largest absolute Gasteiger partial charge is 0.394 e. The molecule has 3 saturated carbocycles. The molecule has 0 aromatic rings. The smallest absolute Gasteiger partial charge is 0.187 e. The van der Waals surface area contributed by atoms with Crippen molar-refractivity contribution in [2.75, 3.05) is 33.0 Å². The van der Waals surface area contributed by atoms with Gasteiger partial charge in [0.1, 0.15) is 122 Å². The van der Waals surface area contributed by atoms with E-state index in [1.54, 1.807) is 0 Å². The van der Waals surface area contributed by atoms with Gasteiger partial charge in [-0.15, -0.1) is 0 Å². The standard InChI is InChI=1S/C60H102O29/c1-23(9-13-35(57(4,5)79)87-55-50(89-53-47(77)43(73)38(68)29(20-63)83-53)44(74)39(69)31(85-55)22-80-51-45(75)41(71)36(66)27(18-61)81-51)24-15-16-58(6)32-12-10-25-26(60(32,8)33(65)17-59(24,58)7)11-14-34(56(25,2)3)86-54-48(78)49(40(70)30(21-64)84-54)88-52-46(76)42(72)37(67)28(19-62)82-52/h10,23-24,26-55,61-79H,9,11-22H2,1-8H3/t23-,24?,26?,27-,28-,29-,30-,31-,32?,33-,34+,35-,36-,37-,38-,39-,40-,41+,42+,43+,44+,45-,46-,47-,48-,49+,50-,51-,52+,53+,54+,55+,58+,59-,60+/m1/s1. The number of fused-ring (bicyclic) bond motifs is 5. The fraction of sp³-hybridized carbons (Fsp3) is 0.967. The van der Waals surface area contributed by atoms with Crippen LogP contribution in [0.4, 0.5) is 0 Å². The lowest BCUT2D eigenvalue weighted by atomic mass is 9.38. The number of ether oxygens (including phenoxy) is 10. The van der Waals surface area contributed by atoms with Crippen molar-refractivity contribution in [2.45, 2.75) is 284 Å². The van der Waals surface area contributed by atoms with Crippen molar-refractivity contribution in [2.24, 2.45) is 45.3 Å². The van der Waals surface area contributed by atoms with E-state index in [-0.39, 0.29) is 35.5 Å². The molecule has 0 bridgehead atoms. The summed E-state index contributed by atoms with van der Waals surface area (Å²) >= 11 is 0. The Bertz CT molecular complexity index is 2340. The highest BCUT2D eigenvalue weighted by molar-refractivity contribution is 5.32. The van der Waals surface area contributed by atoms with Gasteiger partial charge in [0.2, 0.25) is 0 Å². The van der Waals surface area contributed by atoms with E-state index in [1.165, 1.54) is 13.8 Å². The van der Waals surface area contributed by atoms with Gasteiger partial charge in [-0.2, -0.15) is 0 Å². The molecule has 0 aromatic heterocycles. The Morgan fingerprint density at radius 2 is 0.989 bits per heavy atom. The molecule has 0 spiro atoms. The Morgan fingerprint density at radius 1 is 0.517 bits per heavy atom. The van der Waals surface area contributed by atoms with Crippen molar-refractivity contribution < 1.29 is 144 Å². The molecule has 516 valence electrons. The van der Waals surface area contributed by atoms with Gasteiger partial charge < -0.3 is 144 Å². The molecule has 4 aliphatic carbocycles. The fourth-order valence-electron chi connectivity index (χ4n) is 17.1. The Labute approximate surface area is 517 Å². The quantitative estimate of drug-likeness (QED) is 0.0506. The molecule has 5 aliphatic heterocycles.